The number of fused-ring (bicyclic) bond motifs is 1. The fraction of sp³-hybridized carbons (Fsp3) is 0.357. The van der Waals surface area contributed by atoms with Crippen LogP contribution in [0.1, 0.15) is 34.5 Å². The molecule has 2 N–H and O–H groups in total. The molecule has 100 valence electrons. The topological polar surface area (TPSA) is 38.9 Å². The van der Waals surface area contributed by atoms with Crippen molar-refractivity contribution < 1.29 is 4.39 Å². The molecule has 1 aromatic heterocycles. The molecular weight excluding hydrogens is 279 g/mol. The molecule has 1 aromatic carbocycles. The lowest BCUT2D eigenvalue weighted by Crippen LogP contribution is -2.15. The highest BCUT2D eigenvalue weighted by atomic mass is 32.2. The zero-order valence-electron chi connectivity index (χ0n) is 10.4. The predicted octanol–water partition coefficient (Wildman–Crippen LogP) is 3.91. The molecule has 0 saturated carbocycles. The van der Waals surface area contributed by atoms with Gasteiger partial charge in [-0.25, -0.2) is 9.37 Å². The minimum absolute atomic E-state index is 0.161. The smallest absolute Gasteiger partial charge is 0.124 e. The second-order valence-corrected chi connectivity index (χ2v) is 6.83. The molecule has 2 aromatic rings. The van der Waals surface area contributed by atoms with E-state index >= 15 is 0 Å². The van der Waals surface area contributed by atoms with Crippen molar-refractivity contribution in [2.75, 3.05) is 0 Å². The van der Waals surface area contributed by atoms with Crippen molar-refractivity contribution in [3.8, 4) is 0 Å². The molecular formula is C14H15FN2S2. The number of hydrogen-bond donors (Lipinski definition) is 1. The van der Waals surface area contributed by atoms with Gasteiger partial charge in [0.25, 0.3) is 0 Å². The maximum atomic E-state index is 13.1. The van der Waals surface area contributed by atoms with E-state index in [9.17, 15) is 4.39 Å². The summed E-state index contributed by atoms with van der Waals surface area (Å²) in [6.07, 6.45) is 3.24. The molecule has 2 nitrogen and oxygen atoms in total. The normalized spacial score (nSPS) is 18.3. The van der Waals surface area contributed by atoms with E-state index in [0.29, 0.717) is 0 Å². The summed E-state index contributed by atoms with van der Waals surface area (Å²) < 4.78 is 13.1. The van der Waals surface area contributed by atoms with Gasteiger partial charge in [-0.05, 0) is 37.5 Å². The van der Waals surface area contributed by atoms with Gasteiger partial charge in [-0.15, -0.1) is 23.1 Å². The quantitative estimate of drug-likeness (QED) is 0.872. The largest absolute Gasteiger partial charge is 0.323 e. The van der Waals surface area contributed by atoms with Gasteiger partial charge in [0, 0.05) is 15.8 Å². The number of aromatic nitrogens is 1. The lowest BCUT2D eigenvalue weighted by Gasteiger charge is -2.15. The number of thiazole rings is 1. The first-order valence-electron chi connectivity index (χ1n) is 6.35. The van der Waals surface area contributed by atoms with Crippen molar-refractivity contribution in [2.24, 2.45) is 5.73 Å². The van der Waals surface area contributed by atoms with Crippen LogP contribution in [0.15, 0.2) is 29.2 Å². The van der Waals surface area contributed by atoms with Gasteiger partial charge < -0.3 is 5.73 Å². The standard InChI is InChI=1S/C14H15FN2S2/c15-9-3-1-4-10(7-9)18-8-13-17-12-6-2-5-11(16)14(12)19-13/h1,3-4,7,11H,2,5-6,8,16H2. The molecule has 0 aliphatic heterocycles. The summed E-state index contributed by atoms with van der Waals surface area (Å²) >= 11 is 3.34. The molecule has 1 aliphatic rings. The van der Waals surface area contributed by atoms with Crippen LogP contribution in [0.25, 0.3) is 0 Å². The molecule has 1 aliphatic carbocycles. The molecule has 1 heterocycles. The third kappa shape index (κ3) is 2.99. The van der Waals surface area contributed by atoms with Crippen LogP contribution in [0.4, 0.5) is 4.39 Å². The number of hydrogen-bond acceptors (Lipinski definition) is 4. The van der Waals surface area contributed by atoms with Gasteiger partial charge in [-0.2, -0.15) is 0 Å². The first kappa shape index (κ1) is 13.1. The number of halogens is 1. The monoisotopic (exact) mass is 294 g/mol. The lowest BCUT2D eigenvalue weighted by atomic mass is 9.99. The number of nitrogens with two attached hydrogens (primary N) is 1. The Bertz CT molecular complexity index is 583. The van der Waals surface area contributed by atoms with E-state index in [0.717, 1.165) is 34.9 Å². The van der Waals surface area contributed by atoms with Crippen LogP contribution >= 0.6 is 23.1 Å². The fourth-order valence-electron chi connectivity index (χ4n) is 2.27. The summed E-state index contributed by atoms with van der Waals surface area (Å²) in [6.45, 7) is 0. The van der Waals surface area contributed by atoms with Crippen molar-refractivity contribution in [3.05, 3.63) is 45.7 Å². The Hall–Kier alpha value is -0.910. The van der Waals surface area contributed by atoms with Gasteiger partial charge in [0.05, 0.1) is 11.4 Å². The average Bonchev–Trinajstić information content (AvgIpc) is 2.81. The summed E-state index contributed by atoms with van der Waals surface area (Å²) in [5, 5.41) is 1.09. The molecule has 0 spiro atoms. The highest BCUT2D eigenvalue weighted by Crippen LogP contribution is 2.34. The van der Waals surface area contributed by atoms with Crippen molar-refractivity contribution in [1.29, 1.82) is 0 Å². The van der Waals surface area contributed by atoms with Gasteiger partial charge in [-0.1, -0.05) is 6.07 Å². The van der Waals surface area contributed by atoms with Gasteiger partial charge in [0.15, 0.2) is 0 Å². The van der Waals surface area contributed by atoms with Gasteiger partial charge >= 0.3 is 0 Å². The fourth-order valence-corrected chi connectivity index (χ4v) is 4.35. The van der Waals surface area contributed by atoms with E-state index in [2.05, 4.69) is 4.98 Å². The molecule has 1 atom stereocenters. The minimum atomic E-state index is -0.189. The van der Waals surface area contributed by atoms with Crippen molar-refractivity contribution in [1.82, 2.24) is 4.98 Å². The SMILES string of the molecule is NC1CCCc2nc(CSc3cccc(F)c3)sc21. The molecule has 19 heavy (non-hydrogen) atoms. The Balaban J connectivity index is 1.71. The molecule has 0 fully saturated rings. The van der Waals surface area contributed by atoms with Crippen LogP contribution in [0.3, 0.4) is 0 Å². The van der Waals surface area contributed by atoms with Gasteiger partial charge in [0.1, 0.15) is 10.8 Å². The third-order valence-electron chi connectivity index (χ3n) is 3.20. The van der Waals surface area contributed by atoms with Gasteiger partial charge in [-0.3, -0.25) is 0 Å². The number of aryl methyl sites for hydroxylation is 1. The Labute approximate surface area is 120 Å². The second-order valence-electron chi connectivity index (χ2n) is 4.66. The van der Waals surface area contributed by atoms with Gasteiger partial charge in [0.2, 0.25) is 0 Å². The van der Waals surface area contributed by atoms with Crippen LogP contribution in [-0.2, 0) is 12.2 Å². The molecule has 0 saturated heterocycles. The minimum Gasteiger partial charge on any atom is -0.323 e. The molecule has 1 unspecified atom stereocenters. The molecule has 3 rings (SSSR count). The maximum Gasteiger partial charge on any atom is 0.124 e. The maximum absolute atomic E-state index is 13.1. The highest BCUT2D eigenvalue weighted by Gasteiger charge is 2.21. The lowest BCUT2D eigenvalue weighted by molar-refractivity contribution is 0.573. The van der Waals surface area contributed by atoms with Crippen molar-refractivity contribution >= 4 is 23.1 Å². The highest BCUT2D eigenvalue weighted by molar-refractivity contribution is 7.98. The first-order chi connectivity index (χ1) is 9.22. The van der Waals surface area contributed by atoms with Crippen molar-refractivity contribution in [2.45, 2.75) is 36.0 Å². The Morgan fingerprint density at radius 1 is 1.47 bits per heavy atom. The number of benzene rings is 1. The van der Waals surface area contributed by atoms with E-state index in [-0.39, 0.29) is 11.9 Å². The summed E-state index contributed by atoms with van der Waals surface area (Å²) in [5.74, 6) is 0.596. The zero-order valence-corrected chi connectivity index (χ0v) is 12.1. The molecule has 0 amide bonds. The summed E-state index contributed by atoms with van der Waals surface area (Å²) in [6, 6.07) is 6.84. The average molecular weight is 294 g/mol. The van der Waals surface area contributed by atoms with Crippen LogP contribution in [0.5, 0.6) is 0 Å². The zero-order chi connectivity index (χ0) is 13.2. The number of rotatable bonds is 3. The predicted molar refractivity (Wildman–Crippen MR) is 77.9 cm³/mol. The number of thioether (sulfide) groups is 1. The number of nitrogens with zero attached hydrogens (tertiary/aromatic N) is 1. The van der Waals surface area contributed by atoms with E-state index < -0.39 is 0 Å². The van der Waals surface area contributed by atoms with Crippen LogP contribution in [0, 0.1) is 5.82 Å². The molecule has 0 bridgehead atoms. The van der Waals surface area contributed by atoms with Crippen molar-refractivity contribution in [3.63, 3.8) is 0 Å². The second kappa shape index (κ2) is 5.61. The van der Waals surface area contributed by atoms with E-state index in [1.54, 1.807) is 35.2 Å². The Morgan fingerprint density at radius 2 is 2.37 bits per heavy atom. The van der Waals surface area contributed by atoms with E-state index in [1.807, 2.05) is 6.07 Å². The third-order valence-corrected chi connectivity index (χ3v) is 5.61. The summed E-state index contributed by atoms with van der Waals surface area (Å²) in [5.41, 5.74) is 7.28. The first-order valence-corrected chi connectivity index (χ1v) is 8.15. The van der Waals surface area contributed by atoms with E-state index in [1.165, 1.54) is 16.6 Å². The van der Waals surface area contributed by atoms with Crippen LogP contribution < -0.4 is 5.73 Å². The Kier molecular flexibility index (Phi) is 3.86. The molecule has 5 heteroatoms. The summed E-state index contributed by atoms with van der Waals surface area (Å²) in [7, 11) is 0. The van der Waals surface area contributed by atoms with Crippen LogP contribution in [-0.4, -0.2) is 4.98 Å². The summed E-state index contributed by atoms with van der Waals surface area (Å²) in [4.78, 5) is 6.86. The Morgan fingerprint density at radius 3 is 3.16 bits per heavy atom. The molecule has 0 radical (unpaired) electrons. The van der Waals surface area contributed by atoms with E-state index in [4.69, 9.17) is 5.73 Å². The van der Waals surface area contributed by atoms with Crippen LogP contribution in [0.2, 0.25) is 0 Å².